The van der Waals surface area contributed by atoms with Crippen LogP contribution in [0.15, 0.2) is 41.7 Å². The van der Waals surface area contributed by atoms with Gasteiger partial charge in [-0.25, -0.2) is 0 Å². The van der Waals surface area contributed by atoms with E-state index in [0.717, 1.165) is 24.8 Å². The van der Waals surface area contributed by atoms with E-state index >= 15 is 0 Å². The van der Waals surface area contributed by atoms with E-state index in [9.17, 15) is 4.79 Å². The molecule has 0 amide bonds. The first-order valence-corrected chi connectivity index (χ1v) is 5.76. The Morgan fingerprint density at radius 2 is 1.81 bits per heavy atom. The lowest BCUT2D eigenvalue weighted by Crippen LogP contribution is -1.89. The number of hydrogen-bond donors (Lipinski definition) is 0. The topological polar surface area (TPSA) is 17.1 Å². The first kappa shape index (κ1) is 14.7. The van der Waals surface area contributed by atoms with Crippen molar-refractivity contribution < 1.29 is 4.79 Å². The molecule has 0 N–H and O–H groups in total. The quantitative estimate of drug-likeness (QED) is 0.352. The number of hydrogen-bond acceptors (Lipinski definition) is 1. The maximum Gasteiger partial charge on any atom is 0.129 e. The molecule has 0 saturated heterocycles. The van der Waals surface area contributed by atoms with Crippen LogP contribution >= 0.6 is 0 Å². The lowest BCUT2D eigenvalue weighted by molar-refractivity contribution is -0.117. The Morgan fingerprint density at radius 3 is 2.38 bits per heavy atom. The molecule has 88 valence electrons. The molecule has 0 unspecified atom stereocenters. The maximum atomic E-state index is 10.7. The minimum Gasteiger partial charge on any atom is -0.300 e. The molecule has 0 spiro atoms. The lowest BCUT2D eigenvalue weighted by Gasteiger charge is -1.99. The van der Waals surface area contributed by atoms with Gasteiger partial charge >= 0.3 is 0 Å². The zero-order valence-corrected chi connectivity index (χ0v) is 10.7. The van der Waals surface area contributed by atoms with Crippen LogP contribution in [-0.4, -0.2) is 5.78 Å². The summed E-state index contributed by atoms with van der Waals surface area (Å²) in [5.41, 5.74) is 5.20. The van der Waals surface area contributed by atoms with E-state index in [-0.39, 0.29) is 5.78 Å². The van der Waals surface area contributed by atoms with Crippen molar-refractivity contribution >= 4 is 5.78 Å². The average Bonchev–Trinajstić information content (AvgIpc) is 2.24. The third-order valence-corrected chi connectivity index (χ3v) is 2.36. The molecular weight excluding hydrogens is 196 g/mol. The summed E-state index contributed by atoms with van der Waals surface area (Å²) in [6.45, 7) is 9.31. The van der Waals surface area contributed by atoms with Gasteiger partial charge in [0.1, 0.15) is 5.78 Å². The zero-order chi connectivity index (χ0) is 12.4. The van der Waals surface area contributed by atoms with Gasteiger partial charge < -0.3 is 4.79 Å². The Morgan fingerprint density at radius 1 is 1.19 bits per heavy atom. The average molecular weight is 218 g/mol. The summed E-state index contributed by atoms with van der Waals surface area (Å²) in [5.74, 6) is 0.285. The monoisotopic (exact) mass is 218 g/mol. The third-order valence-electron chi connectivity index (χ3n) is 2.36. The Bertz CT molecular complexity index is 325. The van der Waals surface area contributed by atoms with Gasteiger partial charge in [-0.15, -0.1) is 5.73 Å². The van der Waals surface area contributed by atoms with Crippen molar-refractivity contribution in [3.05, 3.63) is 41.7 Å². The third kappa shape index (κ3) is 9.23. The molecule has 0 aliphatic carbocycles. The number of Topliss-reactive ketones (excluding diaryl/α,β-unsaturated/α-hetero) is 1. The molecule has 0 radical (unpaired) electrons. The van der Waals surface area contributed by atoms with Crippen molar-refractivity contribution in [3.8, 4) is 0 Å². The first-order valence-electron chi connectivity index (χ1n) is 5.76. The summed E-state index contributed by atoms with van der Waals surface area (Å²) in [5, 5.41) is 0. The molecule has 0 aromatic heterocycles. The van der Waals surface area contributed by atoms with Crippen LogP contribution in [0.1, 0.15) is 46.5 Å². The van der Waals surface area contributed by atoms with Crippen LogP contribution in [0.3, 0.4) is 0 Å². The van der Waals surface area contributed by atoms with Gasteiger partial charge in [0, 0.05) is 6.42 Å². The van der Waals surface area contributed by atoms with Crippen molar-refractivity contribution in [1.82, 2.24) is 0 Å². The van der Waals surface area contributed by atoms with Gasteiger partial charge in [-0.2, -0.15) is 0 Å². The minimum absolute atomic E-state index is 0.285. The molecule has 0 aromatic rings. The molecule has 16 heavy (non-hydrogen) atoms. The predicted octanol–water partition coefficient (Wildman–Crippen LogP) is 4.37. The van der Waals surface area contributed by atoms with Crippen molar-refractivity contribution in [2.45, 2.75) is 46.5 Å². The highest BCUT2D eigenvalue weighted by molar-refractivity contribution is 5.75. The number of allylic oxidation sites excluding steroid dienone is 5. The van der Waals surface area contributed by atoms with Gasteiger partial charge in [0.25, 0.3) is 0 Å². The van der Waals surface area contributed by atoms with Gasteiger partial charge in [-0.1, -0.05) is 30.4 Å². The number of carbonyl (C=O) groups is 1. The number of rotatable bonds is 7. The lowest BCUT2D eigenvalue weighted by atomic mass is 10.1. The van der Waals surface area contributed by atoms with Crippen LogP contribution in [0, 0.1) is 0 Å². The largest absolute Gasteiger partial charge is 0.300 e. The molecule has 0 aliphatic heterocycles. The van der Waals surface area contributed by atoms with Gasteiger partial charge in [-0.05, 0) is 45.6 Å². The Labute approximate surface area is 99.3 Å². The number of carbonyl (C=O) groups excluding carboxylic acids is 1. The fourth-order valence-corrected chi connectivity index (χ4v) is 1.28. The standard InChI is InChI=1S/C15H22O/c1-5-13(2)10-8-11-14(3)9-6-7-12-15(4)16/h8,10-11H,1,6-7,9,12H2,2-4H3/b10-8-,14-11+. The molecular formula is C15H22O. The van der Waals surface area contributed by atoms with E-state index in [0.29, 0.717) is 6.42 Å². The first-order chi connectivity index (χ1) is 7.56. The summed E-state index contributed by atoms with van der Waals surface area (Å²) in [7, 11) is 0. The van der Waals surface area contributed by atoms with Crippen LogP contribution in [0.25, 0.3) is 0 Å². The van der Waals surface area contributed by atoms with E-state index in [1.807, 2.05) is 19.1 Å². The van der Waals surface area contributed by atoms with Crippen molar-refractivity contribution in [2.24, 2.45) is 0 Å². The van der Waals surface area contributed by atoms with E-state index in [1.54, 1.807) is 6.92 Å². The molecule has 0 saturated carbocycles. The second kappa shape index (κ2) is 8.94. The fraction of sp³-hybridized carbons (Fsp3) is 0.467. The van der Waals surface area contributed by atoms with Crippen molar-refractivity contribution in [1.29, 1.82) is 0 Å². The van der Waals surface area contributed by atoms with Gasteiger partial charge in [0.05, 0.1) is 0 Å². The van der Waals surface area contributed by atoms with E-state index in [2.05, 4.69) is 25.3 Å². The summed E-state index contributed by atoms with van der Waals surface area (Å²) in [4.78, 5) is 10.7. The molecule has 0 fully saturated rings. The van der Waals surface area contributed by atoms with E-state index in [4.69, 9.17) is 0 Å². The smallest absolute Gasteiger partial charge is 0.129 e. The number of ketones is 1. The maximum absolute atomic E-state index is 10.7. The molecule has 0 aromatic carbocycles. The van der Waals surface area contributed by atoms with Crippen molar-refractivity contribution in [2.75, 3.05) is 0 Å². The van der Waals surface area contributed by atoms with Crippen LogP contribution in [0.4, 0.5) is 0 Å². The van der Waals surface area contributed by atoms with E-state index in [1.165, 1.54) is 5.57 Å². The second-order valence-electron chi connectivity index (χ2n) is 4.14. The SMILES string of the molecule is C=C=C(C)/C=C\C=C(/C)CCCCC(C)=O. The van der Waals surface area contributed by atoms with Crippen LogP contribution in [0.5, 0.6) is 0 Å². The molecule has 0 atom stereocenters. The molecule has 0 aliphatic rings. The normalized spacial score (nSPS) is 11.6. The molecule has 0 heterocycles. The molecule has 1 heteroatoms. The Balaban J connectivity index is 3.84. The van der Waals surface area contributed by atoms with Crippen LogP contribution < -0.4 is 0 Å². The fourth-order valence-electron chi connectivity index (χ4n) is 1.28. The van der Waals surface area contributed by atoms with Crippen molar-refractivity contribution in [3.63, 3.8) is 0 Å². The Hall–Kier alpha value is -1.33. The minimum atomic E-state index is 0.285. The predicted molar refractivity (Wildman–Crippen MR) is 70.4 cm³/mol. The summed E-state index contributed by atoms with van der Waals surface area (Å²) in [6.07, 6.45) is 9.98. The van der Waals surface area contributed by atoms with Gasteiger partial charge in [-0.3, -0.25) is 0 Å². The van der Waals surface area contributed by atoms with Crippen LogP contribution in [0.2, 0.25) is 0 Å². The highest BCUT2D eigenvalue weighted by atomic mass is 16.1. The highest BCUT2D eigenvalue weighted by Gasteiger charge is 1.94. The molecule has 0 rings (SSSR count). The summed E-state index contributed by atoms with van der Waals surface area (Å²) < 4.78 is 0. The molecule has 0 bridgehead atoms. The molecule has 1 nitrogen and oxygen atoms in total. The highest BCUT2D eigenvalue weighted by Crippen LogP contribution is 2.08. The van der Waals surface area contributed by atoms with Gasteiger partial charge in [0.15, 0.2) is 0 Å². The van der Waals surface area contributed by atoms with Gasteiger partial charge in [0.2, 0.25) is 0 Å². The zero-order valence-electron chi connectivity index (χ0n) is 10.7. The second-order valence-corrected chi connectivity index (χ2v) is 4.14. The summed E-state index contributed by atoms with van der Waals surface area (Å²) in [6, 6.07) is 0. The summed E-state index contributed by atoms with van der Waals surface area (Å²) >= 11 is 0. The Kier molecular flexibility index (Phi) is 8.19. The number of unbranched alkanes of at least 4 members (excludes halogenated alkanes) is 1. The van der Waals surface area contributed by atoms with Crippen LogP contribution in [-0.2, 0) is 4.79 Å². The van der Waals surface area contributed by atoms with E-state index < -0.39 is 0 Å².